The van der Waals surface area contributed by atoms with E-state index in [1.807, 2.05) is 36.4 Å². The Morgan fingerprint density at radius 2 is 0.938 bits per heavy atom. The third-order valence-electron chi connectivity index (χ3n) is 4.88. The standard InChI is InChI=1S/2C12H12N2O2/c2*1-8-11(9(2)15)12(16)14(13-8)10-6-4-3-5-7-10/h2*3-7,13H,1-2H3. The first-order valence-corrected chi connectivity index (χ1v) is 9.98. The molecule has 0 unspecified atom stereocenters. The van der Waals surface area contributed by atoms with E-state index in [4.69, 9.17) is 0 Å². The van der Waals surface area contributed by atoms with Crippen molar-refractivity contribution in [2.45, 2.75) is 27.7 Å². The number of aromatic nitrogens is 4. The molecule has 8 nitrogen and oxygen atoms in total. The van der Waals surface area contributed by atoms with Gasteiger partial charge in [0.05, 0.1) is 11.4 Å². The Kier molecular flexibility index (Phi) is 6.53. The number of aryl methyl sites for hydroxylation is 2. The van der Waals surface area contributed by atoms with Crippen LogP contribution >= 0.6 is 0 Å². The molecule has 0 aliphatic carbocycles. The fourth-order valence-corrected chi connectivity index (χ4v) is 3.44. The second-order valence-electron chi connectivity index (χ2n) is 7.29. The van der Waals surface area contributed by atoms with Crippen LogP contribution in [0.5, 0.6) is 0 Å². The summed E-state index contributed by atoms with van der Waals surface area (Å²) in [6.07, 6.45) is 0. The summed E-state index contributed by atoms with van der Waals surface area (Å²) in [4.78, 5) is 46.5. The van der Waals surface area contributed by atoms with E-state index in [9.17, 15) is 19.2 Å². The molecule has 0 aliphatic rings. The molecule has 32 heavy (non-hydrogen) atoms. The predicted molar refractivity (Wildman–Crippen MR) is 122 cm³/mol. The van der Waals surface area contributed by atoms with Gasteiger partial charge in [-0.1, -0.05) is 36.4 Å². The molecule has 0 saturated heterocycles. The highest BCUT2D eigenvalue weighted by molar-refractivity contribution is 5.95. The number of ketones is 2. The molecule has 8 heteroatoms. The van der Waals surface area contributed by atoms with Crippen molar-refractivity contribution in [1.29, 1.82) is 0 Å². The molecule has 0 amide bonds. The smallest absolute Gasteiger partial charge is 0.282 e. The lowest BCUT2D eigenvalue weighted by atomic mass is 10.2. The van der Waals surface area contributed by atoms with Gasteiger partial charge in [0.25, 0.3) is 11.1 Å². The Bertz CT molecular complexity index is 1270. The van der Waals surface area contributed by atoms with Crippen molar-refractivity contribution < 1.29 is 9.59 Å². The van der Waals surface area contributed by atoms with Crippen LogP contribution in [-0.2, 0) is 0 Å². The van der Waals surface area contributed by atoms with Gasteiger partial charge in [-0.05, 0) is 52.0 Å². The average molecular weight is 432 g/mol. The molecule has 4 aromatic rings. The maximum Gasteiger partial charge on any atom is 0.282 e. The van der Waals surface area contributed by atoms with E-state index in [0.29, 0.717) is 11.4 Å². The largest absolute Gasteiger partial charge is 0.295 e. The molecule has 2 heterocycles. The van der Waals surface area contributed by atoms with Crippen molar-refractivity contribution in [2.24, 2.45) is 0 Å². The van der Waals surface area contributed by atoms with E-state index >= 15 is 0 Å². The molecule has 0 fully saturated rings. The number of nitrogens with zero attached hydrogens (tertiary/aromatic N) is 2. The summed E-state index contributed by atoms with van der Waals surface area (Å²) in [7, 11) is 0. The fourth-order valence-electron chi connectivity index (χ4n) is 3.44. The summed E-state index contributed by atoms with van der Waals surface area (Å²) in [5.41, 5.74) is 2.51. The third kappa shape index (κ3) is 4.44. The lowest BCUT2D eigenvalue weighted by Crippen LogP contribution is -2.19. The number of benzene rings is 2. The van der Waals surface area contributed by atoms with Gasteiger partial charge in [-0.2, -0.15) is 0 Å². The zero-order valence-electron chi connectivity index (χ0n) is 18.3. The molecule has 2 N–H and O–H groups in total. The highest BCUT2D eigenvalue weighted by atomic mass is 16.2. The summed E-state index contributed by atoms with van der Waals surface area (Å²) in [6, 6.07) is 18.3. The first kappa shape index (κ1) is 22.5. The van der Waals surface area contributed by atoms with Gasteiger partial charge in [-0.25, -0.2) is 9.36 Å². The Labute approximate surface area is 184 Å². The van der Waals surface area contributed by atoms with Gasteiger partial charge in [0.2, 0.25) is 0 Å². The van der Waals surface area contributed by atoms with Crippen molar-refractivity contribution in [1.82, 2.24) is 19.6 Å². The number of Topliss-reactive ketones (excluding diaryl/α,β-unsaturated/α-hetero) is 2. The van der Waals surface area contributed by atoms with Gasteiger partial charge in [0.15, 0.2) is 11.6 Å². The van der Waals surface area contributed by atoms with Gasteiger partial charge < -0.3 is 0 Å². The summed E-state index contributed by atoms with van der Waals surface area (Å²) in [5.74, 6) is -0.429. The molecule has 0 radical (unpaired) electrons. The van der Waals surface area contributed by atoms with E-state index in [1.54, 1.807) is 38.1 Å². The van der Waals surface area contributed by atoms with Crippen LogP contribution in [0.2, 0.25) is 0 Å². The van der Waals surface area contributed by atoms with Gasteiger partial charge >= 0.3 is 0 Å². The summed E-state index contributed by atoms with van der Waals surface area (Å²) in [6.45, 7) is 6.23. The molecule has 4 rings (SSSR count). The van der Waals surface area contributed by atoms with Crippen LogP contribution in [0.3, 0.4) is 0 Å². The van der Waals surface area contributed by atoms with Crippen LogP contribution in [0.1, 0.15) is 46.0 Å². The SMILES string of the molecule is CC(=O)c1c(C)[nH]n(-c2ccccc2)c1=O.CC(=O)c1c(C)[nH]n(-c2ccccc2)c1=O. The van der Waals surface area contributed by atoms with Gasteiger partial charge in [-0.3, -0.25) is 29.4 Å². The Balaban J connectivity index is 0.000000181. The first-order valence-electron chi connectivity index (χ1n) is 9.98. The van der Waals surface area contributed by atoms with E-state index in [2.05, 4.69) is 10.2 Å². The zero-order chi connectivity index (χ0) is 23.4. The Hall–Kier alpha value is -4.20. The van der Waals surface area contributed by atoms with Gasteiger partial charge in [0, 0.05) is 11.4 Å². The lowest BCUT2D eigenvalue weighted by molar-refractivity contribution is 0.100. The number of hydrogen-bond acceptors (Lipinski definition) is 4. The molecule has 0 spiro atoms. The van der Waals surface area contributed by atoms with E-state index < -0.39 is 0 Å². The topological polar surface area (TPSA) is 110 Å². The molecule has 0 atom stereocenters. The minimum Gasteiger partial charge on any atom is -0.295 e. The lowest BCUT2D eigenvalue weighted by Gasteiger charge is -1.99. The molecule has 0 saturated carbocycles. The molecular formula is C24H24N4O4. The van der Waals surface area contributed by atoms with Crippen LogP contribution in [0, 0.1) is 13.8 Å². The fraction of sp³-hybridized carbons (Fsp3) is 0.167. The maximum absolute atomic E-state index is 11.9. The van der Waals surface area contributed by atoms with Crippen LogP contribution in [0.25, 0.3) is 11.4 Å². The zero-order valence-corrected chi connectivity index (χ0v) is 18.3. The highest BCUT2D eigenvalue weighted by Gasteiger charge is 2.16. The second-order valence-corrected chi connectivity index (χ2v) is 7.29. The molecule has 0 aliphatic heterocycles. The van der Waals surface area contributed by atoms with Gasteiger partial charge in [-0.15, -0.1) is 0 Å². The van der Waals surface area contributed by atoms with E-state index in [1.165, 1.54) is 23.2 Å². The number of hydrogen-bond donors (Lipinski definition) is 2. The Morgan fingerprint density at radius 3 is 1.19 bits per heavy atom. The number of aromatic amines is 2. The van der Waals surface area contributed by atoms with E-state index in [0.717, 1.165) is 11.4 Å². The van der Waals surface area contributed by atoms with Crippen LogP contribution in [-0.4, -0.2) is 31.1 Å². The minimum atomic E-state index is -0.295. The number of rotatable bonds is 4. The number of nitrogens with one attached hydrogen (secondary N) is 2. The quantitative estimate of drug-likeness (QED) is 0.482. The van der Waals surface area contributed by atoms with Crippen molar-refractivity contribution >= 4 is 11.6 Å². The summed E-state index contributed by atoms with van der Waals surface area (Å²) >= 11 is 0. The summed E-state index contributed by atoms with van der Waals surface area (Å²) in [5, 5.41) is 5.79. The van der Waals surface area contributed by atoms with Gasteiger partial charge in [0.1, 0.15) is 11.1 Å². The van der Waals surface area contributed by atoms with Crippen LogP contribution < -0.4 is 11.1 Å². The van der Waals surface area contributed by atoms with E-state index in [-0.39, 0.29) is 33.8 Å². The predicted octanol–water partition coefficient (Wildman–Crippen LogP) is 3.35. The monoisotopic (exact) mass is 432 g/mol. The summed E-state index contributed by atoms with van der Waals surface area (Å²) < 4.78 is 2.76. The van der Waals surface area contributed by atoms with Crippen LogP contribution in [0.4, 0.5) is 0 Å². The highest BCUT2D eigenvalue weighted by Crippen LogP contribution is 2.08. The molecule has 0 bridgehead atoms. The van der Waals surface area contributed by atoms with Crippen molar-refractivity contribution in [3.63, 3.8) is 0 Å². The average Bonchev–Trinajstić information content (AvgIpc) is 3.24. The third-order valence-corrected chi connectivity index (χ3v) is 4.88. The minimum absolute atomic E-state index is 0.214. The molecule has 2 aromatic carbocycles. The first-order chi connectivity index (χ1) is 15.2. The molecule has 2 aromatic heterocycles. The second kappa shape index (κ2) is 9.30. The molecular weight excluding hydrogens is 408 g/mol. The van der Waals surface area contributed by atoms with Crippen LogP contribution in [0.15, 0.2) is 70.3 Å². The maximum atomic E-state index is 11.9. The number of para-hydroxylation sites is 2. The van der Waals surface area contributed by atoms with Crippen molar-refractivity contribution in [3.8, 4) is 11.4 Å². The van der Waals surface area contributed by atoms with Crippen molar-refractivity contribution in [2.75, 3.05) is 0 Å². The number of carbonyl (C=O) groups excluding carboxylic acids is 2. The molecule has 164 valence electrons. The Morgan fingerprint density at radius 1 is 0.625 bits per heavy atom. The number of H-pyrrole nitrogens is 2. The number of carbonyl (C=O) groups is 2. The normalized spacial score (nSPS) is 10.4. The van der Waals surface area contributed by atoms with Crippen molar-refractivity contribution in [3.05, 3.63) is 104 Å².